The molecule has 13 heavy (non-hydrogen) atoms. The van der Waals surface area contributed by atoms with Crippen LogP contribution in [0.4, 0.5) is 0 Å². The van der Waals surface area contributed by atoms with Crippen molar-refractivity contribution in [3.05, 3.63) is 18.2 Å². The van der Waals surface area contributed by atoms with Gasteiger partial charge in [-0.25, -0.2) is 4.98 Å². The van der Waals surface area contributed by atoms with Gasteiger partial charge in [0.05, 0.1) is 0 Å². The van der Waals surface area contributed by atoms with E-state index >= 15 is 0 Å². The standard InChI is InChI=1S/C10H17N3/c1-3-9-8(4-5-11-9)10-12-6-7-13(10)2/h6-9,11H,3-5H2,1-2H3. The number of hydrogen-bond donors (Lipinski definition) is 1. The maximum absolute atomic E-state index is 4.42. The second kappa shape index (κ2) is 3.50. The van der Waals surface area contributed by atoms with Gasteiger partial charge in [0.15, 0.2) is 0 Å². The van der Waals surface area contributed by atoms with Gasteiger partial charge < -0.3 is 9.88 Å². The van der Waals surface area contributed by atoms with Gasteiger partial charge in [-0.15, -0.1) is 0 Å². The van der Waals surface area contributed by atoms with Gasteiger partial charge in [0, 0.05) is 31.4 Å². The fourth-order valence-corrected chi connectivity index (χ4v) is 2.24. The minimum absolute atomic E-state index is 0.616. The Morgan fingerprint density at radius 3 is 3.15 bits per heavy atom. The Labute approximate surface area is 79.2 Å². The van der Waals surface area contributed by atoms with Crippen LogP contribution in [0.25, 0.3) is 0 Å². The lowest BCUT2D eigenvalue weighted by Gasteiger charge is -2.17. The molecule has 2 atom stereocenters. The highest BCUT2D eigenvalue weighted by molar-refractivity contribution is 5.07. The average Bonchev–Trinajstić information content (AvgIpc) is 2.71. The lowest BCUT2D eigenvalue weighted by Crippen LogP contribution is -2.26. The molecule has 2 unspecified atom stereocenters. The summed E-state index contributed by atoms with van der Waals surface area (Å²) in [6, 6.07) is 0.626. The molecule has 0 aromatic carbocycles. The van der Waals surface area contributed by atoms with Crippen molar-refractivity contribution < 1.29 is 0 Å². The Balaban J connectivity index is 2.20. The lowest BCUT2D eigenvalue weighted by atomic mass is 9.98. The molecule has 3 nitrogen and oxygen atoms in total. The second-order valence-corrected chi connectivity index (χ2v) is 3.76. The summed E-state index contributed by atoms with van der Waals surface area (Å²) in [5.41, 5.74) is 0. The molecule has 2 heterocycles. The Morgan fingerprint density at radius 2 is 2.54 bits per heavy atom. The van der Waals surface area contributed by atoms with E-state index < -0.39 is 0 Å². The molecule has 0 aliphatic carbocycles. The molecule has 1 aromatic rings. The number of nitrogens with one attached hydrogen (secondary N) is 1. The van der Waals surface area contributed by atoms with Gasteiger partial charge in [0.25, 0.3) is 0 Å². The molecule has 1 aliphatic heterocycles. The number of rotatable bonds is 2. The first-order chi connectivity index (χ1) is 6.33. The molecule has 3 heteroatoms. The first kappa shape index (κ1) is 8.75. The molecule has 0 amide bonds. The fraction of sp³-hybridized carbons (Fsp3) is 0.700. The Kier molecular flexibility index (Phi) is 2.36. The lowest BCUT2D eigenvalue weighted by molar-refractivity contribution is 0.502. The van der Waals surface area contributed by atoms with Crippen LogP contribution in [0.1, 0.15) is 31.5 Å². The van der Waals surface area contributed by atoms with E-state index in [9.17, 15) is 0 Å². The maximum atomic E-state index is 4.42. The molecular formula is C10H17N3. The van der Waals surface area contributed by atoms with Crippen LogP contribution >= 0.6 is 0 Å². The molecule has 0 saturated carbocycles. The predicted molar refractivity (Wildman–Crippen MR) is 52.6 cm³/mol. The van der Waals surface area contributed by atoms with Crippen molar-refractivity contribution in [2.24, 2.45) is 7.05 Å². The highest BCUT2D eigenvalue weighted by Gasteiger charge is 2.29. The van der Waals surface area contributed by atoms with Crippen molar-refractivity contribution in [3.63, 3.8) is 0 Å². The minimum Gasteiger partial charge on any atom is -0.338 e. The Hall–Kier alpha value is -0.830. The number of imidazole rings is 1. The van der Waals surface area contributed by atoms with Crippen LogP contribution < -0.4 is 5.32 Å². The third-order valence-electron chi connectivity index (χ3n) is 2.98. The van der Waals surface area contributed by atoms with Crippen molar-refractivity contribution >= 4 is 0 Å². The van der Waals surface area contributed by atoms with Gasteiger partial charge in [-0.3, -0.25) is 0 Å². The van der Waals surface area contributed by atoms with Crippen LogP contribution in [0, 0.1) is 0 Å². The van der Waals surface area contributed by atoms with Crippen molar-refractivity contribution in [2.75, 3.05) is 6.54 Å². The van der Waals surface area contributed by atoms with E-state index in [1.807, 2.05) is 12.4 Å². The van der Waals surface area contributed by atoms with Crippen LogP contribution in [-0.2, 0) is 7.05 Å². The average molecular weight is 179 g/mol. The largest absolute Gasteiger partial charge is 0.338 e. The summed E-state index contributed by atoms with van der Waals surface area (Å²) in [7, 11) is 2.08. The number of aryl methyl sites for hydroxylation is 1. The third-order valence-corrected chi connectivity index (χ3v) is 2.98. The third kappa shape index (κ3) is 1.48. The normalized spacial score (nSPS) is 28.2. The Bertz CT molecular complexity index is 279. The number of aromatic nitrogens is 2. The van der Waals surface area contributed by atoms with E-state index in [-0.39, 0.29) is 0 Å². The van der Waals surface area contributed by atoms with Crippen LogP contribution in [0.3, 0.4) is 0 Å². The first-order valence-electron chi connectivity index (χ1n) is 5.03. The molecule has 1 N–H and O–H groups in total. The first-order valence-corrected chi connectivity index (χ1v) is 5.03. The van der Waals surface area contributed by atoms with E-state index in [1.165, 1.54) is 18.7 Å². The summed E-state index contributed by atoms with van der Waals surface area (Å²) in [5.74, 6) is 1.85. The minimum atomic E-state index is 0.616. The summed E-state index contributed by atoms with van der Waals surface area (Å²) in [5, 5.41) is 3.52. The highest BCUT2D eigenvalue weighted by Crippen LogP contribution is 2.27. The maximum Gasteiger partial charge on any atom is 0.113 e. The molecule has 1 aliphatic rings. The zero-order valence-corrected chi connectivity index (χ0v) is 8.33. The van der Waals surface area contributed by atoms with Gasteiger partial charge in [-0.2, -0.15) is 0 Å². The van der Waals surface area contributed by atoms with Crippen molar-refractivity contribution in [3.8, 4) is 0 Å². The van der Waals surface area contributed by atoms with Gasteiger partial charge in [-0.1, -0.05) is 6.92 Å². The van der Waals surface area contributed by atoms with Gasteiger partial charge in [0.2, 0.25) is 0 Å². The molecule has 0 radical (unpaired) electrons. The summed E-state index contributed by atoms with van der Waals surface area (Å²) in [6.07, 6.45) is 6.33. The van der Waals surface area contributed by atoms with Gasteiger partial charge in [0.1, 0.15) is 5.82 Å². The van der Waals surface area contributed by atoms with Crippen LogP contribution in [0.5, 0.6) is 0 Å². The number of hydrogen-bond acceptors (Lipinski definition) is 2. The Morgan fingerprint density at radius 1 is 1.69 bits per heavy atom. The van der Waals surface area contributed by atoms with E-state index in [0.29, 0.717) is 12.0 Å². The molecule has 1 aromatic heterocycles. The molecule has 72 valence electrons. The fourth-order valence-electron chi connectivity index (χ4n) is 2.24. The smallest absolute Gasteiger partial charge is 0.113 e. The van der Waals surface area contributed by atoms with Gasteiger partial charge in [-0.05, 0) is 19.4 Å². The summed E-state index contributed by atoms with van der Waals surface area (Å²) >= 11 is 0. The molecule has 0 bridgehead atoms. The van der Waals surface area contributed by atoms with Crippen LogP contribution in [0.15, 0.2) is 12.4 Å². The quantitative estimate of drug-likeness (QED) is 0.741. The molecule has 2 rings (SSSR count). The summed E-state index contributed by atoms with van der Waals surface area (Å²) in [6.45, 7) is 3.37. The van der Waals surface area contributed by atoms with Crippen LogP contribution in [0.2, 0.25) is 0 Å². The molecular weight excluding hydrogens is 162 g/mol. The van der Waals surface area contributed by atoms with Gasteiger partial charge >= 0.3 is 0 Å². The highest BCUT2D eigenvalue weighted by atomic mass is 15.1. The predicted octanol–water partition coefficient (Wildman–Crippen LogP) is 1.28. The monoisotopic (exact) mass is 179 g/mol. The zero-order chi connectivity index (χ0) is 9.26. The zero-order valence-electron chi connectivity index (χ0n) is 8.33. The van der Waals surface area contributed by atoms with E-state index in [0.717, 1.165) is 6.54 Å². The van der Waals surface area contributed by atoms with E-state index in [4.69, 9.17) is 0 Å². The summed E-state index contributed by atoms with van der Waals surface area (Å²) in [4.78, 5) is 4.42. The second-order valence-electron chi connectivity index (χ2n) is 3.76. The topological polar surface area (TPSA) is 29.9 Å². The van der Waals surface area contributed by atoms with E-state index in [1.54, 1.807) is 0 Å². The SMILES string of the molecule is CCC1NCCC1c1nccn1C. The summed E-state index contributed by atoms with van der Waals surface area (Å²) < 4.78 is 2.14. The van der Waals surface area contributed by atoms with Crippen molar-refractivity contribution in [1.29, 1.82) is 0 Å². The van der Waals surface area contributed by atoms with Crippen molar-refractivity contribution in [2.45, 2.75) is 31.7 Å². The molecule has 1 saturated heterocycles. The van der Waals surface area contributed by atoms with Crippen molar-refractivity contribution in [1.82, 2.24) is 14.9 Å². The molecule has 1 fully saturated rings. The number of nitrogens with zero attached hydrogens (tertiary/aromatic N) is 2. The van der Waals surface area contributed by atoms with E-state index in [2.05, 4.69) is 28.8 Å². The molecule has 0 spiro atoms. The van der Waals surface area contributed by atoms with Crippen LogP contribution in [-0.4, -0.2) is 22.1 Å².